The molecular weight excluding hydrogens is 270 g/mol. The Labute approximate surface area is 134 Å². The van der Waals surface area contributed by atoms with Crippen molar-refractivity contribution in [3.8, 4) is 0 Å². The highest BCUT2D eigenvalue weighted by atomic mass is 16.5. The van der Waals surface area contributed by atoms with Crippen molar-refractivity contribution in [3.05, 3.63) is 60.7 Å². The van der Waals surface area contributed by atoms with Gasteiger partial charge in [0.25, 0.3) is 0 Å². The number of hydrogen-bond donors (Lipinski definition) is 0. The third-order valence-corrected chi connectivity index (χ3v) is 4.94. The lowest BCUT2D eigenvalue weighted by molar-refractivity contribution is 0.0369. The van der Waals surface area contributed by atoms with Gasteiger partial charge < -0.3 is 4.74 Å². The zero-order chi connectivity index (χ0) is 15.2. The Morgan fingerprint density at radius 3 is 2.68 bits per heavy atom. The molecule has 0 saturated carbocycles. The van der Waals surface area contributed by atoms with Crippen molar-refractivity contribution in [3.63, 3.8) is 0 Å². The lowest BCUT2D eigenvalue weighted by Crippen LogP contribution is -2.43. The van der Waals surface area contributed by atoms with E-state index in [-0.39, 0.29) is 0 Å². The molecule has 1 saturated heterocycles. The van der Waals surface area contributed by atoms with Gasteiger partial charge in [-0.15, -0.1) is 6.58 Å². The monoisotopic (exact) mass is 297 g/mol. The summed E-state index contributed by atoms with van der Waals surface area (Å²) in [5, 5.41) is 0. The van der Waals surface area contributed by atoms with Crippen molar-refractivity contribution >= 4 is 0 Å². The quantitative estimate of drug-likeness (QED) is 0.749. The molecule has 22 heavy (non-hydrogen) atoms. The van der Waals surface area contributed by atoms with Gasteiger partial charge in [-0.3, -0.25) is 4.90 Å². The van der Waals surface area contributed by atoms with Gasteiger partial charge in [0.15, 0.2) is 0 Å². The molecule has 2 aliphatic heterocycles. The fraction of sp³-hybridized carbons (Fsp3) is 0.500. The molecule has 2 aliphatic rings. The second kappa shape index (κ2) is 7.75. The Bertz CT molecular complexity index is 490. The van der Waals surface area contributed by atoms with Gasteiger partial charge in [-0.1, -0.05) is 48.6 Å². The highest BCUT2D eigenvalue weighted by molar-refractivity contribution is 5.25. The van der Waals surface area contributed by atoms with E-state index in [1.54, 1.807) is 0 Å². The third kappa shape index (κ3) is 3.68. The minimum atomic E-state index is 0.405. The summed E-state index contributed by atoms with van der Waals surface area (Å²) in [7, 11) is 0. The molecule has 2 heterocycles. The van der Waals surface area contributed by atoms with E-state index in [1.807, 2.05) is 0 Å². The largest absolute Gasteiger partial charge is 0.381 e. The molecule has 0 bridgehead atoms. The van der Waals surface area contributed by atoms with E-state index in [4.69, 9.17) is 4.74 Å². The van der Waals surface area contributed by atoms with Gasteiger partial charge in [-0.2, -0.15) is 0 Å². The summed E-state index contributed by atoms with van der Waals surface area (Å²) in [6.45, 7) is 6.99. The fourth-order valence-corrected chi connectivity index (χ4v) is 3.70. The average molecular weight is 297 g/mol. The van der Waals surface area contributed by atoms with Crippen LogP contribution in [-0.2, 0) is 4.74 Å². The first-order valence-corrected chi connectivity index (χ1v) is 8.54. The van der Waals surface area contributed by atoms with E-state index in [9.17, 15) is 0 Å². The van der Waals surface area contributed by atoms with E-state index in [0.717, 1.165) is 32.0 Å². The van der Waals surface area contributed by atoms with E-state index in [2.05, 4.69) is 60.0 Å². The van der Waals surface area contributed by atoms with E-state index >= 15 is 0 Å². The molecule has 2 nitrogen and oxygen atoms in total. The molecule has 0 aliphatic carbocycles. The molecule has 0 spiro atoms. The molecule has 1 aromatic rings. The van der Waals surface area contributed by atoms with E-state index in [0.29, 0.717) is 12.1 Å². The summed E-state index contributed by atoms with van der Waals surface area (Å²) in [5.41, 5.74) is 1.40. The summed E-state index contributed by atoms with van der Waals surface area (Å²) in [4.78, 5) is 2.70. The van der Waals surface area contributed by atoms with Crippen LogP contribution in [0, 0.1) is 5.92 Å². The standard InChI is InChI=1S/C20H27NO/c1-2-7-19-10-6-11-20(18-8-4-3-5-9-18)21(19)16-17-12-14-22-15-13-17/h2-6,8-9,11,17,19-20H,1,7,10,12-16H2/t19-,20+/m1/s1. The van der Waals surface area contributed by atoms with Gasteiger partial charge in [0.1, 0.15) is 0 Å². The molecule has 2 atom stereocenters. The van der Waals surface area contributed by atoms with Crippen molar-refractivity contribution in [1.29, 1.82) is 0 Å². The topological polar surface area (TPSA) is 12.5 Å². The average Bonchev–Trinajstić information content (AvgIpc) is 2.58. The fourth-order valence-electron chi connectivity index (χ4n) is 3.70. The highest BCUT2D eigenvalue weighted by Crippen LogP contribution is 2.33. The first-order chi connectivity index (χ1) is 10.9. The summed E-state index contributed by atoms with van der Waals surface area (Å²) < 4.78 is 5.53. The molecule has 0 unspecified atom stereocenters. The van der Waals surface area contributed by atoms with Crippen molar-refractivity contribution in [1.82, 2.24) is 4.90 Å². The minimum Gasteiger partial charge on any atom is -0.381 e. The Hall–Kier alpha value is -1.38. The molecule has 0 radical (unpaired) electrons. The zero-order valence-corrected chi connectivity index (χ0v) is 13.4. The van der Waals surface area contributed by atoms with Crippen LogP contribution in [0.4, 0.5) is 0 Å². The van der Waals surface area contributed by atoms with Crippen LogP contribution in [0.25, 0.3) is 0 Å². The summed E-state index contributed by atoms with van der Waals surface area (Å²) >= 11 is 0. The number of ether oxygens (including phenoxy) is 1. The predicted octanol–water partition coefficient (Wildman–Crippen LogP) is 4.36. The molecule has 1 aromatic carbocycles. The normalized spacial score (nSPS) is 26.9. The van der Waals surface area contributed by atoms with Crippen LogP contribution >= 0.6 is 0 Å². The van der Waals surface area contributed by atoms with Gasteiger partial charge in [-0.05, 0) is 37.2 Å². The van der Waals surface area contributed by atoms with Crippen molar-refractivity contribution in [2.24, 2.45) is 5.92 Å². The molecule has 1 fully saturated rings. The van der Waals surface area contributed by atoms with Crippen LogP contribution in [0.3, 0.4) is 0 Å². The molecule has 0 aromatic heterocycles. The van der Waals surface area contributed by atoms with Crippen LogP contribution in [0.5, 0.6) is 0 Å². The number of nitrogens with zero attached hydrogens (tertiary/aromatic N) is 1. The summed E-state index contributed by atoms with van der Waals surface area (Å²) in [6, 6.07) is 11.9. The predicted molar refractivity (Wildman–Crippen MR) is 91.8 cm³/mol. The third-order valence-electron chi connectivity index (χ3n) is 4.94. The van der Waals surface area contributed by atoms with Crippen LogP contribution in [-0.4, -0.2) is 30.7 Å². The van der Waals surface area contributed by atoms with Crippen LogP contribution in [0.15, 0.2) is 55.1 Å². The number of hydrogen-bond acceptors (Lipinski definition) is 2. The SMILES string of the molecule is C=CC[C@@H]1CC=C[C@@H](c2ccccc2)N1CC1CCOCC1. The number of rotatable bonds is 5. The first-order valence-electron chi connectivity index (χ1n) is 8.54. The molecule has 118 valence electrons. The summed E-state index contributed by atoms with van der Waals surface area (Å²) in [6.07, 6.45) is 11.4. The molecule has 3 rings (SSSR count). The first kappa shape index (κ1) is 15.5. The van der Waals surface area contributed by atoms with Crippen molar-refractivity contribution in [2.45, 2.75) is 37.8 Å². The lowest BCUT2D eigenvalue weighted by Gasteiger charge is -2.42. The maximum Gasteiger partial charge on any atom is 0.0534 e. The Balaban J connectivity index is 1.80. The molecule has 0 N–H and O–H groups in total. The van der Waals surface area contributed by atoms with Gasteiger partial charge >= 0.3 is 0 Å². The lowest BCUT2D eigenvalue weighted by atomic mass is 9.91. The Morgan fingerprint density at radius 1 is 1.18 bits per heavy atom. The van der Waals surface area contributed by atoms with Gasteiger partial charge in [0.2, 0.25) is 0 Å². The number of benzene rings is 1. The summed E-state index contributed by atoms with van der Waals surface area (Å²) in [5.74, 6) is 0.763. The van der Waals surface area contributed by atoms with Gasteiger partial charge in [0, 0.05) is 25.8 Å². The smallest absolute Gasteiger partial charge is 0.0534 e. The Morgan fingerprint density at radius 2 is 1.95 bits per heavy atom. The highest BCUT2D eigenvalue weighted by Gasteiger charge is 2.30. The van der Waals surface area contributed by atoms with E-state index in [1.165, 1.54) is 24.9 Å². The van der Waals surface area contributed by atoms with Crippen molar-refractivity contribution < 1.29 is 4.74 Å². The van der Waals surface area contributed by atoms with Crippen LogP contribution < -0.4 is 0 Å². The van der Waals surface area contributed by atoms with Gasteiger partial charge in [0.05, 0.1) is 6.04 Å². The van der Waals surface area contributed by atoms with Gasteiger partial charge in [-0.25, -0.2) is 0 Å². The Kier molecular flexibility index (Phi) is 5.47. The second-order valence-electron chi connectivity index (χ2n) is 6.45. The maximum absolute atomic E-state index is 5.53. The molecular formula is C20H27NO. The molecule has 0 amide bonds. The minimum absolute atomic E-state index is 0.405. The van der Waals surface area contributed by atoms with Crippen LogP contribution in [0.1, 0.15) is 37.3 Å². The van der Waals surface area contributed by atoms with Crippen molar-refractivity contribution in [2.75, 3.05) is 19.8 Å². The maximum atomic E-state index is 5.53. The second-order valence-corrected chi connectivity index (χ2v) is 6.45. The van der Waals surface area contributed by atoms with E-state index < -0.39 is 0 Å². The zero-order valence-electron chi connectivity index (χ0n) is 13.4. The molecule has 2 heteroatoms. The van der Waals surface area contributed by atoms with Crippen LogP contribution in [0.2, 0.25) is 0 Å².